The molecule has 0 fully saturated rings. The minimum atomic E-state index is -1.23. The van der Waals surface area contributed by atoms with Crippen molar-refractivity contribution in [2.24, 2.45) is 0 Å². The molecule has 0 aromatic heterocycles. The van der Waals surface area contributed by atoms with Gasteiger partial charge in [-0.15, -0.1) is 0 Å². The van der Waals surface area contributed by atoms with Gasteiger partial charge in [0.05, 0.1) is 5.97 Å². The van der Waals surface area contributed by atoms with Crippen LogP contribution in [0, 0.1) is 0 Å². The van der Waals surface area contributed by atoms with Crippen molar-refractivity contribution in [2.75, 3.05) is 0 Å². The Bertz CT molecular complexity index is 93.4. The maximum atomic E-state index is 9.14. The third-order valence-electron chi connectivity index (χ3n) is 0.167. The molecule has 7 nitrogen and oxygen atoms in total. The van der Waals surface area contributed by atoms with Crippen LogP contribution in [0.5, 0.6) is 0 Å². The van der Waals surface area contributed by atoms with Crippen molar-refractivity contribution < 1.29 is 65.8 Å². The SMILES string of the molecule is C=CC(=O)[O-].O.O.O.O=CO.[Na+]. The first-order valence-corrected chi connectivity index (χ1v) is 1.60. The molecule has 0 aromatic carbocycles. The summed E-state index contributed by atoms with van der Waals surface area (Å²) >= 11 is 0. The van der Waals surface area contributed by atoms with E-state index >= 15 is 0 Å². The number of carboxylic acid groups (broad SMARTS) is 2. The topological polar surface area (TPSA) is 172 Å². The number of carbonyl (C=O) groups excluding carboxylic acids is 1. The molecule has 0 unspecified atom stereocenters. The van der Waals surface area contributed by atoms with Crippen molar-refractivity contribution in [3.8, 4) is 0 Å². The first-order chi connectivity index (χ1) is 3.68. The predicted molar refractivity (Wildman–Crippen MR) is 34.7 cm³/mol. The Morgan fingerprint density at radius 1 is 1.33 bits per heavy atom. The average molecular weight is 194 g/mol. The molecule has 0 saturated heterocycles. The molecular formula is C4H11NaO7. The van der Waals surface area contributed by atoms with Gasteiger partial charge in [-0.3, -0.25) is 4.79 Å². The molecule has 0 aliphatic carbocycles. The Balaban J connectivity index is -0.0000000119. The first-order valence-electron chi connectivity index (χ1n) is 1.60. The van der Waals surface area contributed by atoms with E-state index in [1.165, 1.54) is 0 Å². The second kappa shape index (κ2) is 46.4. The van der Waals surface area contributed by atoms with Gasteiger partial charge < -0.3 is 31.4 Å². The van der Waals surface area contributed by atoms with Crippen LogP contribution in [0.4, 0.5) is 0 Å². The maximum Gasteiger partial charge on any atom is 1.00 e. The Morgan fingerprint density at radius 3 is 1.42 bits per heavy atom. The van der Waals surface area contributed by atoms with E-state index in [2.05, 4.69) is 6.58 Å². The zero-order chi connectivity index (χ0) is 6.99. The minimum absolute atomic E-state index is 0. The van der Waals surface area contributed by atoms with Crippen LogP contribution in [0.2, 0.25) is 0 Å². The van der Waals surface area contributed by atoms with Crippen molar-refractivity contribution >= 4 is 12.4 Å². The number of rotatable bonds is 1. The molecule has 0 aliphatic rings. The van der Waals surface area contributed by atoms with E-state index in [1.54, 1.807) is 0 Å². The molecule has 0 saturated carbocycles. The van der Waals surface area contributed by atoms with Crippen LogP contribution < -0.4 is 34.7 Å². The van der Waals surface area contributed by atoms with Gasteiger partial charge in [-0.25, -0.2) is 0 Å². The van der Waals surface area contributed by atoms with E-state index in [0.29, 0.717) is 0 Å². The molecule has 0 spiro atoms. The Labute approximate surface area is 90.9 Å². The van der Waals surface area contributed by atoms with Crippen LogP contribution in [0.25, 0.3) is 0 Å². The summed E-state index contributed by atoms with van der Waals surface area (Å²) in [6, 6.07) is 0. The summed E-state index contributed by atoms with van der Waals surface area (Å²) in [5.74, 6) is -1.23. The third-order valence-corrected chi connectivity index (χ3v) is 0.167. The molecule has 0 aromatic rings. The number of aliphatic carboxylic acids is 1. The van der Waals surface area contributed by atoms with E-state index in [9.17, 15) is 0 Å². The predicted octanol–water partition coefficient (Wildman–Crippen LogP) is -6.85. The van der Waals surface area contributed by atoms with Crippen molar-refractivity contribution in [3.63, 3.8) is 0 Å². The van der Waals surface area contributed by atoms with Gasteiger partial charge >= 0.3 is 29.6 Å². The Kier molecular flexibility index (Phi) is 161. The fraction of sp³-hybridized carbons (Fsp3) is 0. The van der Waals surface area contributed by atoms with Crippen LogP contribution in [-0.2, 0) is 9.59 Å². The molecule has 12 heavy (non-hydrogen) atoms. The van der Waals surface area contributed by atoms with Crippen LogP contribution in [0.3, 0.4) is 0 Å². The summed E-state index contributed by atoms with van der Waals surface area (Å²) in [5.41, 5.74) is 0. The molecule has 0 radical (unpaired) electrons. The monoisotopic (exact) mass is 194 g/mol. The zero-order valence-electron chi connectivity index (χ0n) is 6.53. The summed E-state index contributed by atoms with van der Waals surface area (Å²) in [4.78, 5) is 17.5. The third kappa shape index (κ3) is 288. The van der Waals surface area contributed by atoms with Crippen molar-refractivity contribution in [3.05, 3.63) is 12.7 Å². The van der Waals surface area contributed by atoms with Gasteiger partial charge in [0.2, 0.25) is 0 Å². The van der Waals surface area contributed by atoms with Crippen molar-refractivity contribution in [1.29, 1.82) is 0 Å². The van der Waals surface area contributed by atoms with E-state index in [-0.39, 0.29) is 52.5 Å². The zero-order valence-corrected chi connectivity index (χ0v) is 8.53. The average Bonchev–Trinajstić information content (AvgIpc) is 1.69. The number of hydrogen-bond donors (Lipinski definition) is 1. The van der Waals surface area contributed by atoms with Crippen LogP contribution in [0.15, 0.2) is 12.7 Å². The molecule has 8 heteroatoms. The Morgan fingerprint density at radius 2 is 1.42 bits per heavy atom. The molecule has 0 heterocycles. The number of carbonyl (C=O) groups is 2. The summed E-state index contributed by atoms with van der Waals surface area (Å²) in [6.07, 6.45) is 0.722. The molecular weight excluding hydrogens is 183 g/mol. The summed E-state index contributed by atoms with van der Waals surface area (Å²) in [5, 5.41) is 16.0. The first kappa shape index (κ1) is 41.7. The second-order valence-electron chi connectivity index (χ2n) is 0.629. The fourth-order valence-electron chi connectivity index (χ4n) is 0. The van der Waals surface area contributed by atoms with Crippen molar-refractivity contribution in [2.45, 2.75) is 0 Å². The molecule has 70 valence electrons. The van der Waals surface area contributed by atoms with Gasteiger partial charge in [-0.2, -0.15) is 0 Å². The van der Waals surface area contributed by atoms with Crippen LogP contribution >= 0.6 is 0 Å². The minimum Gasteiger partial charge on any atom is -0.545 e. The summed E-state index contributed by atoms with van der Waals surface area (Å²) < 4.78 is 0. The molecule has 0 atom stereocenters. The molecule has 0 amide bonds. The van der Waals surface area contributed by atoms with E-state index in [0.717, 1.165) is 6.08 Å². The molecule has 0 bridgehead atoms. The maximum absolute atomic E-state index is 9.14. The molecule has 0 rings (SSSR count). The normalized spacial score (nSPS) is 3.67. The smallest absolute Gasteiger partial charge is 0.545 e. The van der Waals surface area contributed by atoms with Gasteiger partial charge in [-0.05, 0) is 6.08 Å². The van der Waals surface area contributed by atoms with E-state index < -0.39 is 5.97 Å². The van der Waals surface area contributed by atoms with Gasteiger partial charge in [-0.1, -0.05) is 6.58 Å². The standard InChI is InChI=1S/C3H4O2.CH2O2.Na.3H2O/c1-2-3(4)5;2-1-3;;;;/h2H,1H2,(H,4,5);1H,(H,2,3);;3*1H2/q;;+1;;;/p-1. The van der Waals surface area contributed by atoms with Gasteiger partial charge in [0.15, 0.2) is 0 Å². The van der Waals surface area contributed by atoms with E-state index in [4.69, 9.17) is 19.8 Å². The van der Waals surface area contributed by atoms with E-state index in [1.807, 2.05) is 0 Å². The van der Waals surface area contributed by atoms with Crippen LogP contribution in [-0.4, -0.2) is 34.0 Å². The summed E-state index contributed by atoms with van der Waals surface area (Å²) in [6.45, 7) is 2.65. The molecule has 0 aliphatic heterocycles. The second-order valence-corrected chi connectivity index (χ2v) is 0.629. The summed E-state index contributed by atoms with van der Waals surface area (Å²) in [7, 11) is 0. The van der Waals surface area contributed by atoms with Gasteiger partial charge in [0, 0.05) is 0 Å². The van der Waals surface area contributed by atoms with Crippen LogP contribution in [0.1, 0.15) is 0 Å². The van der Waals surface area contributed by atoms with Gasteiger partial charge in [0.25, 0.3) is 6.47 Å². The van der Waals surface area contributed by atoms with Crippen molar-refractivity contribution in [1.82, 2.24) is 0 Å². The fourth-order valence-corrected chi connectivity index (χ4v) is 0. The van der Waals surface area contributed by atoms with Gasteiger partial charge in [0.1, 0.15) is 0 Å². The Hall–Kier alpha value is -0.440. The largest absolute Gasteiger partial charge is 1.00 e. The quantitative estimate of drug-likeness (QED) is 0.248. The number of hydrogen-bond acceptors (Lipinski definition) is 3. The number of carboxylic acids is 1. The molecule has 7 N–H and O–H groups in total.